The Balaban J connectivity index is 4.32. The van der Waals surface area contributed by atoms with Crippen molar-refractivity contribution in [3.05, 3.63) is 12.7 Å². The lowest BCUT2D eigenvalue weighted by Crippen LogP contribution is -2.43. The minimum absolute atomic E-state index is 0.272. The maximum atomic E-state index is 10.6. The molecule has 0 aliphatic heterocycles. The first-order valence-corrected chi connectivity index (χ1v) is 3.61. The summed E-state index contributed by atoms with van der Waals surface area (Å²) in [4.78, 5) is 21.1. The first-order valence-electron chi connectivity index (χ1n) is 3.61. The Morgan fingerprint density at radius 2 is 2.08 bits per heavy atom. The van der Waals surface area contributed by atoms with Crippen LogP contribution in [0.25, 0.3) is 0 Å². The molecule has 0 spiro atoms. The van der Waals surface area contributed by atoms with Crippen molar-refractivity contribution in [3.63, 3.8) is 0 Å². The van der Waals surface area contributed by atoms with Gasteiger partial charge in [-0.25, -0.2) is 4.79 Å². The molecular weight excluding hydrogens is 158 g/mol. The van der Waals surface area contributed by atoms with Gasteiger partial charge in [0.25, 0.3) is 0 Å². The monoisotopic (exact) mass is 171 g/mol. The lowest BCUT2D eigenvalue weighted by atomic mass is 10.0. The van der Waals surface area contributed by atoms with Gasteiger partial charge in [-0.2, -0.15) is 0 Å². The fraction of sp³-hybridized carbons (Fsp3) is 0.500. The van der Waals surface area contributed by atoms with Gasteiger partial charge in [-0.1, -0.05) is 13.0 Å². The van der Waals surface area contributed by atoms with Crippen LogP contribution in [0.2, 0.25) is 0 Å². The molecule has 0 rings (SSSR count). The molecule has 0 saturated carbocycles. The number of amides is 1. The summed E-state index contributed by atoms with van der Waals surface area (Å²) in [5, 5.41) is 11.0. The Labute approximate surface area is 71.3 Å². The summed E-state index contributed by atoms with van der Waals surface area (Å²) < 4.78 is 0. The maximum Gasteiger partial charge on any atom is 0.326 e. The highest BCUT2D eigenvalue weighted by atomic mass is 16.4. The zero-order valence-electron chi connectivity index (χ0n) is 7.20. The third-order valence-corrected chi connectivity index (χ3v) is 1.52. The largest absolute Gasteiger partial charge is 0.480 e. The van der Waals surface area contributed by atoms with Crippen LogP contribution in [0, 0.1) is 5.92 Å². The van der Waals surface area contributed by atoms with Crippen LogP contribution in [0.3, 0.4) is 0 Å². The third-order valence-electron chi connectivity index (χ3n) is 1.52. The van der Waals surface area contributed by atoms with Gasteiger partial charge in [0.1, 0.15) is 6.04 Å². The molecule has 4 heteroatoms. The molecule has 2 N–H and O–H groups in total. The van der Waals surface area contributed by atoms with Crippen molar-refractivity contribution in [3.8, 4) is 0 Å². The normalized spacial score (nSPS) is 14.5. The van der Waals surface area contributed by atoms with Crippen LogP contribution < -0.4 is 5.32 Å². The molecule has 0 saturated heterocycles. The van der Waals surface area contributed by atoms with E-state index in [-0.39, 0.29) is 11.8 Å². The lowest BCUT2D eigenvalue weighted by molar-refractivity contribution is -0.142. The number of carboxylic acids is 1. The SMILES string of the molecule is C=CC(C)C(NC(C)=O)C(=O)O. The number of carbonyl (C=O) groups excluding carboxylic acids is 1. The fourth-order valence-electron chi connectivity index (χ4n) is 0.773. The summed E-state index contributed by atoms with van der Waals surface area (Å²) in [6.07, 6.45) is 1.49. The Kier molecular flexibility index (Phi) is 4.04. The van der Waals surface area contributed by atoms with E-state index in [1.165, 1.54) is 13.0 Å². The minimum atomic E-state index is -1.04. The van der Waals surface area contributed by atoms with Gasteiger partial charge in [-0.3, -0.25) is 4.79 Å². The van der Waals surface area contributed by atoms with Crippen LogP contribution in [0.15, 0.2) is 12.7 Å². The first kappa shape index (κ1) is 10.7. The molecule has 0 aromatic carbocycles. The Morgan fingerprint density at radius 1 is 1.58 bits per heavy atom. The molecule has 68 valence electrons. The number of carbonyl (C=O) groups is 2. The van der Waals surface area contributed by atoms with Gasteiger partial charge in [-0.05, 0) is 0 Å². The molecule has 0 aromatic rings. The molecule has 12 heavy (non-hydrogen) atoms. The first-order chi connectivity index (χ1) is 5.49. The van der Waals surface area contributed by atoms with Gasteiger partial charge < -0.3 is 10.4 Å². The zero-order valence-corrected chi connectivity index (χ0v) is 7.20. The van der Waals surface area contributed by atoms with E-state index in [9.17, 15) is 9.59 Å². The van der Waals surface area contributed by atoms with Crippen molar-refractivity contribution in [2.75, 3.05) is 0 Å². The summed E-state index contributed by atoms with van der Waals surface area (Å²) in [6.45, 7) is 6.42. The van der Waals surface area contributed by atoms with Crippen molar-refractivity contribution < 1.29 is 14.7 Å². The van der Waals surface area contributed by atoms with Crippen LogP contribution in [0.1, 0.15) is 13.8 Å². The molecule has 0 aliphatic rings. The van der Waals surface area contributed by atoms with E-state index in [4.69, 9.17) is 5.11 Å². The van der Waals surface area contributed by atoms with Crippen LogP contribution in [-0.4, -0.2) is 23.0 Å². The van der Waals surface area contributed by atoms with E-state index in [1.54, 1.807) is 6.92 Å². The van der Waals surface area contributed by atoms with Gasteiger partial charge in [0.15, 0.2) is 0 Å². The molecule has 2 unspecified atom stereocenters. The number of carboxylic acid groups (broad SMARTS) is 1. The van der Waals surface area contributed by atoms with Gasteiger partial charge in [0.05, 0.1) is 0 Å². The van der Waals surface area contributed by atoms with Crippen molar-refractivity contribution in [1.82, 2.24) is 5.32 Å². The second kappa shape index (κ2) is 4.54. The Morgan fingerprint density at radius 3 is 2.33 bits per heavy atom. The molecule has 2 atom stereocenters. The van der Waals surface area contributed by atoms with E-state index < -0.39 is 12.0 Å². The highest BCUT2D eigenvalue weighted by Crippen LogP contribution is 2.03. The van der Waals surface area contributed by atoms with E-state index in [0.29, 0.717) is 0 Å². The van der Waals surface area contributed by atoms with Crippen LogP contribution >= 0.6 is 0 Å². The van der Waals surface area contributed by atoms with Crippen molar-refractivity contribution >= 4 is 11.9 Å². The fourth-order valence-corrected chi connectivity index (χ4v) is 0.773. The van der Waals surface area contributed by atoms with Crippen molar-refractivity contribution in [1.29, 1.82) is 0 Å². The Hall–Kier alpha value is -1.32. The van der Waals surface area contributed by atoms with E-state index >= 15 is 0 Å². The number of hydrogen-bond donors (Lipinski definition) is 2. The predicted molar refractivity (Wildman–Crippen MR) is 44.6 cm³/mol. The summed E-state index contributed by atoms with van der Waals surface area (Å²) in [5.74, 6) is -1.67. The second-order valence-electron chi connectivity index (χ2n) is 2.61. The van der Waals surface area contributed by atoms with Crippen LogP contribution in [-0.2, 0) is 9.59 Å². The molecule has 1 amide bonds. The molecule has 0 aliphatic carbocycles. The van der Waals surface area contributed by atoms with Crippen LogP contribution in [0.4, 0.5) is 0 Å². The highest BCUT2D eigenvalue weighted by Gasteiger charge is 2.22. The summed E-state index contributed by atoms with van der Waals surface area (Å²) in [5.41, 5.74) is 0. The lowest BCUT2D eigenvalue weighted by Gasteiger charge is -2.16. The quantitative estimate of drug-likeness (QED) is 0.601. The maximum absolute atomic E-state index is 10.6. The third kappa shape index (κ3) is 3.18. The number of aliphatic carboxylic acids is 1. The average Bonchev–Trinajstić information content (AvgIpc) is 1.98. The minimum Gasteiger partial charge on any atom is -0.480 e. The van der Waals surface area contributed by atoms with E-state index in [2.05, 4.69) is 11.9 Å². The molecule has 0 bridgehead atoms. The highest BCUT2D eigenvalue weighted by molar-refractivity contribution is 5.82. The molecular formula is C8H13NO3. The standard InChI is InChI=1S/C8H13NO3/c1-4-5(2)7(8(11)12)9-6(3)10/h4-5,7H,1H2,2-3H3,(H,9,10)(H,11,12). The summed E-state index contributed by atoms with van der Waals surface area (Å²) >= 11 is 0. The van der Waals surface area contributed by atoms with Gasteiger partial charge in [0, 0.05) is 12.8 Å². The summed E-state index contributed by atoms with van der Waals surface area (Å²) in [7, 11) is 0. The smallest absolute Gasteiger partial charge is 0.326 e. The number of hydrogen-bond acceptors (Lipinski definition) is 2. The van der Waals surface area contributed by atoms with E-state index in [0.717, 1.165) is 0 Å². The van der Waals surface area contributed by atoms with Crippen molar-refractivity contribution in [2.45, 2.75) is 19.9 Å². The van der Waals surface area contributed by atoms with Gasteiger partial charge in [0.2, 0.25) is 5.91 Å². The predicted octanol–water partition coefficient (Wildman–Crippen LogP) is 0.398. The van der Waals surface area contributed by atoms with Crippen LogP contribution in [0.5, 0.6) is 0 Å². The van der Waals surface area contributed by atoms with Gasteiger partial charge in [-0.15, -0.1) is 6.58 Å². The van der Waals surface area contributed by atoms with E-state index in [1.807, 2.05) is 0 Å². The number of rotatable bonds is 4. The van der Waals surface area contributed by atoms with Crippen molar-refractivity contribution in [2.24, 2.45) is 5.92 Å². The number of nitrogens with one attached hydrogen (secondary N) is 1. The topological polar surface area (TPSA) is 66.4 Å². The molecule has 4 nitrogen and oxygen atoms in total. The molecule has 0 fully saturated rings. The zero-order chi connectivity index (χ0) is 9.72. The average molecular weight is 171 g/mol. The van der Waals surface area contributed by atoms with Gasteiger partial charge >= 0.3 is 5.97 Å². The summed E-state index contributed by atoms with van der Waals surface area (Å²) in [6, 6.07) is -0.875. The second-order valence-corrected chi connectivity index (χ2v) is 2.61. The molecule has 0 aromatic heterocycles. The molecule has 0 radical (unpaired) electrons. The Bertz CT molecular complexity index is 200. The molecule has 0 heterocycles.